The van der Waals surface area contributed by atoms with E-state index < -0.39 is 9.84 Å². The number of benzene rings is 2. The monoisotopic (exact) mass is 304 g/mol. The molecule has 2 aromatic carbocycles. The molecular formula is C16H20N2O2S. The van der Waals surface area contributed by atoms with Gasteiger partial charge in [-0.3, -0.25) is 0 Å². The third-order valence-corrected chi connectivity index (χ3v) is 5.17. The quantitative estimate of drug-likeness (QED) is 0.860. The van der Waals surface area contributed by atoms with Gasteiger partial charge >= 0.3 is 0 Å². The predicted molar refractivity (Wildman–Crippen MR) is 85.8 cm³/mol. The van der Waals surface area contributed by atoms with E-state index in [4.69, 9.17) is 5.73 Å². The lowest BCUT2D eigenvalue weighted by molar-refractivity contribution is 0.597. The van der Waals surface area contributed by atoms with Crippen LogP contribution in [-0.4, -0.2) is 14.2 Å². The highest BCUT2D eigenvalue weighted by Gasteiger charge is 2.10. The Balaban J connectivity index is 2.08. The van der Waals surface area contributed by atoms with Crippen LogP contribution in [0.15, 0.2) is 53.4 Å². The summed E-state index contributed by atoms with van der Waals surface area (Å²) in [5.74, 6) is 0.115. The first-order chi connectivity index (χ1) is 10.1. The molecule has 4 nitrogen and oxygen atoms in total. The molecule has 2 rings (SSSR count). The van der Waals surface area contributed by atoms with Crippen LogP contribution >= 0.6 is 0 Å². The molecule has 0 bridgehead atoms. The van der Waals surface area contributed by atoms with Gasteiger partial charge in [0.25, 0.3) is 0 Å². The van der Waals surface area contributed by atoms with Crippen LogP contribution in [0, 0.1) is 0 Å². The zero-order valence-corrected chi connectivity index (χ0v) is 12.9. The van der Waals surface area contributed by atoms with Crippen molar-refractivity contribution in [1.82, 2.24) is 0 Å². The topological polar surface area (TPSA) is 72.2 Å². The van der Waals surface area contributed by atoms with E-state index in [0.717, 1.165) is 16.8 Å². The Morgan fingerprint density at radius 1 is 1.00 bits per heavy atom. The zero-order valence-electron chi connectivity index (χ0n) is 12.0. The van der Waals surface area contributed by atoms with E-state index in [1.807, 2.05) is 24.3 Å². The number of sulfone groups is 1. The van der Waals surface area contributed by atoms with E-state index >= 15 is 0 Å². The van der Waals surface area contributed by atoms with Gasteiger partial charge in [-0.1, -0.05) is 31.2 Å². The molecule has 0 fully saturated rings. The third-order valence-electron chi connectivity index (χ3n) is 3.41. The van der Waals surface area contributed by atoms with E-state index in [2.05, 4.69) is 5.32 Å². The van der Waals surface area contributed by atoms with Crippen molar-refractivity contribution in [2.45, 2.75) is 24.9 Å². The number of hydrogen-bond acceptors (Lipinski definition) is 4. The number of nitrogens with two attached hydrogens (primary N) is 1. The molecule has 0 spiro atoms. The Morgan fingerprint density at radius 3 is 2.19 bits per heavy atom. The molecule has 3 N–H and O–H groups in total. The van der Waals surface area contributed by atoms with Crippen LogP contribution in [0.2, 0.25) is 0 Å². The molecule has 0 unspecified atom stereocenters. The average Bonchev–Trinajstić information content (AvgIpc) is 2.53. The highest BCUT2D eigenvalue weighted by atomic mass is 32.2. The van der Waals surface area contributed by atoms with Crippen LogP contribution in [0.3, 0.4) is 0 Å². The van der Waals surface area contributed by atoms with Crippen LogP contribution in [-0.2, 0) is 22.9 Å². The summed E-state index contributed by atoms with van der Waals surface area (Å²) in [6, 6.07) is 14.8. The molecule has 0 heterocycles. The lowest BCUT2D eigenvalue weighted by atomic mass is 10.1. The molecule has 0 aromatic heterocycles. The predicted octanol–water partition coefficient (Wildman–Crippen LogP) is 2.55. The van der Waals surface area contributed by atoms with Gasteiger partial charge in [-0.05, 0) is 35.4 Å². The standard InChI is InChI=1S/C16H20N2O2S/c1-2-21(19,20)16-9-7-15(8-10-16)18-12-14-6-4-3-5-13(14)11-17/h3-10,18H,2,11-12,17H2,1H3. The highest BCUT2D eigenvalue weighted by molar-refractivity contribution is 7.91. The Kier molecular flexibility index (Phi) is 4.98. The molecule has 5 heteroatoms. The minimum atomic E-state index is -3.14. The lowest BCUT2D eigenvalue weighted by Gasteiger charge is -2.10. The zero-order chi connectivity index (χ0) is 15.3. The van der Waals surface area contributed by atoms with Crippen LogP contribution < -0.4 is 11.1 Å². The molecule has 0 atom stereocenters. The van der Waals surface area contributed by atoms with E-state index in [1.165, 1.54) is 0 Å². The summed E-state index contributed by atoms with van der Waals surface area (Å²) >= 11 is 0. The Labute approximate surface area is 125 Å². The number of anilines is 1. The molecular weight excluding hydrogens is 284 g/mol. The summed E-state index contributed by atoms with van der Waals surface area (Å²) in [6.45, 7) is 2.81. The second-order valence-corrected chi connectivity index (χ2v) is 7.03. The largest absolute Gasteiger partial charge is 0.381 e. The van der Waals surface area contributed by atoms with Crippen molar-refractivity contribution in [2.75, 3.05) is 11.1 Å². The second-order valence-electron chi connectivity index (χ2n) is 4.75. The average molecular weight is 304 g/mol. The van der Waals surface area contributed by atoms with Crippen LogP contribution in [0.1, 0.15) is 18.1 Å². The Morgan fingerprint density at radius 2 is 1.62 bits per heavy atom. The fraction of sp³-hybridized carbons (Fsp3) is 0.250. The second kappa shape index (κ2) is 6.74. The normalized spacial score (nSPS) is 11.3. The molecule has 2 aromatic rings. The van der Waals surface area contributed by atoms with Gasteiger partial charge in [-0.2, -0.15) is 0 Å². The fourth-order valence-electron chi connectivity index (χ4n) is 2.07. The molecule has 0 aliphatic heterocycles. The summed E-state index contributed by atoms with van der Waals surface area (Å²) < 4.78 is 23.5. The molecule has 0 aliphatic rings. The van der Waals surface area contributed by atoms with E-state index in [0.29, 0.717) is 18.0 Å². The third kappa shape index (κ3) is 3.83. The fourth-order valence-corrected chi connectivity index (χ4v) is 2.96. The SMILES string of the molecule is CCS(=O)(=O)c1ccc(NCc2ccccc2CN)cc1. The minimum Gasteiger partial charge on any atom is -0.381 e. The summed E-state index contributed by atoms with van der Waals surface area (Å²) in [5, 5.41) is 3.28. The summed E-state index contributed by atoms with van der Waals surface area (Å²) in [7, 11) is -3.14. The Bertz CT molecular complexity index is 694. The maximum Gasteiger partial charge on any atom is 0.178 e. The van der Waals surface area contributed by atoms with Crippen molar-refractivity contribution in [3.8, 4) is 0 Å². The van der Waals surface area contributed by atoms with Crippen molar-refractivity contribution >= 4 is 15.5 Å². The van der Waals surface area contributed by atoms with Crippen molar-refractivity contribution in [3.63, 3.8) is 0 Å². The van der Waals surface area contributed by atoms with E-state index in [-0.39, 0.29) is 5.75 Å². The molecule has 0 aliphatic carbocycles. The maximum atomic E-state index is 11.7. The molecule has 112 valence electrons. The molecule has 0 saturated carbocycles. The van der Waals surface area contributed by atoms with Gasteiger partial charge in [-0.15, -0.1) is 0 Å². The van der Waals surface area contributed by atoms with Crippen LogP contribution in [0.25, 0.3) is 0 Å². The van der Waals surface area contributed by atoms with Gasteiger partial charge in [0, 0.05) is 18.8 Å². The number of hydrogen-bond donors (Lipinski definition) is 2. The van der Waals surface area contributed by atoms with Crippen molar-refractivity contribution in [3.05, 3.63) is 59.7 Å². The van der Waals surface area contributed by atoms with Gasteiger partial charge < -0.3 is 11.1 Å². The first kappa shape index (κ1) is 15.5. The van der Waals surface area contributed by atoms with E-state index in [9.17, 15) is 8.42 Å². The first-order valence-corrected chi connectivity index (χ1v) is 8.55. The van der Waals surface area contributed by atoms with E-state index in [1.54, 1.807) is 31.2 Å². The van der Waals surface area contributed by atoms with Crippen molar-refractivity contribution in [2.24, 2.45) is 5.73 Å². The van der Waals surface area contributed by atoms with Gasteiger partial charge in [0.1, 0.15) is 0 Å². The lowest BCUT2D eigenvalue weighted by Crippen LogP contribution is -2.07. The number of nitrogens with one attached hydrogen (secondary N) is 1. The van der Waals surface area contributed by atoms with Gasteiger partial charge in [0.15, 0.2) is 9.84 Å². The molecule has 0 amide bonds. The van der Waals surface area contributed by atoms with Gasteiger partial charge in [0.05, 0.1) is 10.6 Å². The van der Waals surface area contributed by atoms with Crippen molar-refractivity contribution in [1.29, 1.82) is 0 Å². The molecule has 0 radical (unpaired) electrons. The van der Waals surface area contributed by atoms with Gasteiger partial charge in [0.2, 0.25) is 0 Å². The smallest absolute Gasteiger partial charge is 0.178 e. The first-order valence-electron chi connectivity index (χ1n) is 6.90. The van der Waals surface area contributed by atoms with Crippen LogP contribution in [0.4, 0.5) is 5.69 Å². The van der Waals surface area contributed by atoms with Gasteiger partial charge in [-0.25, -0.2) is 8.42 Å². The minimum absolute atomic E-state index is 0.115. The number of rotatable bonds is 6. The molecule has 0 saturated heterocycles. The Hall–Kier alpha value is -1.85. The maximum absolute atomic E-state index is 11.7. The molecule has 21 heavy (non-hydrogen) atoms. The van der Waals surface area contributed by atoms with Crippen molar-refractivity contribution < 1.29 is 8.42 Å². The van der Waals surface area contributed by atoms with Crippen LogP contribution in [0.5, 0.6) is 0 Å². The summed E-state index contributed by atoms with van der Waals surface area (Å²) in [4.78, 5) is 0.359. The highest BCUT2D eigenvalue weighted by Crippen LogP contribution is 2.17. The summed E-state index contributed by atoms with van der Waals surface area (Å²) in [5.41, 5.74) is 8.84. The summed E-state index contributed by atoms with van der Waals surface area (Å²) in [6.07, 6.45) is 0.